The highest BCUT2D eigenvalue weighted by molar-refractivity contribution is 5.19. The highest BCUT2D eigenvalue weighted by atomic mass is 19.4. The van der Waals surface area contributed by atoms with E-state index < -0.39 is 12.1 Å². The van der Waals surface area contributed by atoms with Crippen LogP contribution >= 0.6 is 0 Å². The molecule has 112 valence electrons. The second-order valence-corrected chi connectivity index (χ2v) is 5.41. The lowest BCUT2D eigenvalue weighted by Gasteiger charge is -2.33. The van der Waals surface area contributed by atoms with Crippen LogP contribution in [-0.2, 0) is 0 Å². The fraction of sp³-hybridized carbons (Fsp3) is 0.600. The van der Waals surface area contributed by atoms with Gasteiger partial charge in [0.05, 0.1) is 18.6 Å². The van der Waals surface area contributed by atoms with Crippen LogP contribution in [0.15, 0.2) is 30.3 Å². The van der Waals surface area contributed by atoms with Crippen LogP contribution < -0.4 is 5.32 Å². The normalized spacial score (nSPS) is 25.4. The third-order valence-corrected chi connectivity index (χ3v) is 3.96. The van der Waals surface area contributed by atoms with Crippen LogP contribution in [0.4, 0.5) is 13.2 Å². The quantitative estimate of drug-likeness (QED) is 0.889. The van der Waals surface area contributed by atoms with E-state index in [1.807, 2.05) is 30.3 Å². The first-order valence-electron chi connectivity index (χ1n) is 6.99. The Bertz CT molecular complexity index is 407. The number of hydrogen-bond donors (Lipinski definition) is 2. The van der Waals surface area contributed by atoms with E-state index in [0.717, 1.165) is 12.0 Å². The summed E-state index contributed by atoms with van der Waals surface area (Å²) in [5.74, 6) is -1.22. The fourth-order valence-corrected chi connectivity index (χ4v) is 2.86. The van der Waals surface area contributed by atoms with Crippen molar-refractivity contribution < 1.29 is 18.3 Å². The molecule has 1 saturated carbocycles. The number of aliphatic hydroxyl groups is 1. The molecule has 0 spiro atoms. The van der Waals surface area contributed by atoms with Crippen LogP contribution in [0.1, 0.15) is 37.3 Å². The standard InChI is InChI=1S/C15H20F3NO/c16-15(17,18)12-7-4-8-13(9-12)19-14(10-20)11-5-2-1-3-6-11/h1-3,5-6,12-14,19-20H,4,7-10H2/t12?,13?,14-/m1/s1. The molecule has 2 rings (SSSR count). The van der Waals surface area contributed by atoms with Crippen LogP contribution in [-0.4, -0.2) is 23.9 Å². The van der Waals surface area contributed by atoms with Gasteiger partial charge in [-0.3, -0.25) is 0 Å². The van der Waals surface area contributed by atoms with Crippen LogP contribution in [0, 0.1) is 5.92 Å². The van der Waals surface area contributed by atoms with E-state index in [1.54, 1.807) is 0 Å². The summed E-state index contributed by atoms with van der Waals surface area (Å²) in [5, 5.41) is 12.6. The largest absolute Gasteiger partial charge is 0.394 e. The molecule has 1 aromatic rings. The molecule has 1 aromatic carbocycles. The van der Waals surface area contributed by atoms with Gasteiger partial charge in [-0.1, -0.05) is 36.8 Å². The maximum Gasteiger partial charge on any atom is 0.391 e. The first-order valence-corrected chi connectivity index (χ1v) is 6.99. The predicted octanol–water partition coefficient (Wildman–Crippen LogP) is 3.43. The first-order chi connectivity index (χ1) is 9.50. The molecule has 1 aliphatic rings. The van der Waals surface area contributed by atoms with Crippen molar-refractivity contribution in [3.05, 3.63) is 35.9 Å². The van der Waals surface area contributed by atoms with Gasteiger partial charge >= 0.3 is 6.18 Å². The monoisotopic (exact) mass is 287 g/mol. The van der Waals surface area contributed by atoms with Crippen molar-refractivity contribution in [1.82, 2.24) is 5.32 Å². The highest BCUT2D eigenvalue weighted by Gasteiger charge is 2.42. The molecule has 2 unspecified atom stereocenters. The number of hydrogen-bond acceptors (Lipinski definition) is 2. The van der Waals surface area contributed by atoms with Crippen molar-refractivity contribution in [2.24, 2.45) is 5.92 Å². The zero-order valence-electron chi connectivity index (χ0n) is 11.2. The smallest absolute Gasteiger partial charge is 0.391 e. The van der Waals surface area contributed by atoms with Crippen LogP contribution in [0.2, 0.25) is 0 Å². The van der Waals surface area contributed by atoms with Crippen LogP contribution in [0.25, 0.3) is 0 Å². The third-order valence-electron chi connectivity index (χ3n) is 3.96. The lowest BCUT2D eigenvalue weighted by molar-refractivity contribution is -0.184. The van der Waals surface area contributed by atoms with Gasteiger partial charge in [0, 0.05) is 6.04 Å². The number of alkyl halides is 3. The Hall–Kier alpha value is -1.07. The molecule has 20 heavy (non-hydrogen) atoms. The van der Waals surface area contributed by atoms with Gasteiger partial charge in [-0.15, -0.1) is 0 Å². The van der Waals surface area contributed by atoms with Crippen LogP contribution in [0.5, 0.6) is 0 Å². The summed E-state index contributed by atoms with van der Waals surface area (Å²) >= 11 is 0. The lowest BCUT2D eigenvalue weighted by atomic mass is 9.84. The number of benzene rings is 1. The van der Waals surface area contributed by atoms with Gasteiger partial charge in [0.1, 0.15) is 0 Å². The minimum Gasteiger partial charge on any atom is -0.394 e. The van der Waals surface area contributed by atoms with Gasteiger partial charge in [-0.05, 0) is 24.8 Å². The molecule has 1 fully saturated rings. The molecule has 0 aliphatic heterocycles. The molecule has 1 aliphatic carbocycles. The van der Waals surface area contributed by atoms with Gasteiger partial charge in [-0.25, -0.2) is 0 Å². The second kappa shape index (κ2) is 6.59. The van der Waals surface area contributed by atoms with Crippen molar-refractivity contribution in [2.45, 2.75) is 43.9 Å². The van der Waals surface area contributed by atoms with E-state index in [9.17, 15) is 18.3 Å². The van der Waals surface area contributed by atoms with Crippen molar-refractivity contribution >= 4 is 0 Å². The average Bonchev–Trinajstić information content (AvgIpc) is 2.45. The molecule has 0 heterocycles. The van der Waals surface area contributed by atoms with Gasteiger partial charge in [0.25, 0.3) is 0 Å². The van der Waals surface area contributed by atoms with E-state index in [-0.39, 0.29) is 31.5 Å². The molecule has 3 atom stereocenters. The molecule has 2 nitrogen and oxygen atoms in total. The number of nitrogens with one attached hydrogen (secondary N) is 1. The minimum absolute atomic E-state index is 0.104. The SMILES string of the molecule is OC[C@@H](NC1CCCC(C(F)(F)F)C1)c1ccccc1. The molecule has 2 N–H and O–H groups in total. The van der Waals surface area contributed by atoms with Gasteiger partial charge in [0.2, 0.25) is 0 Å². The Labute approximate surface area is 117 Å². The van der Waals surface area contributed by atoms with Crippen molar-refractivity contribution in [2.75, 3.05) is 6.61 Å². The lowest BCUT2D eigenvalue weighted by Crippen LogP contribution is -2.41. The fourth-order valence-electron chi connectivity index (χ4n) is 2.86. The molecule has 0 radical (unpaired) electrons. The third kappa shape index (κ3) is 3.96. The van der Waals surface area contributed by atoms with Crippen molar-refractivity contribution in [3.8, 4) is 0 Å². The Balaban J connectivity index is 1.98. The Morgan fingerprint density at radius 1 is 1.20 bits per heavy atom. The summed E-state index contributed by atoms with van der Waals surface area (Å²) in [5.41, 5.74) is 0.907. The molecule has 0 bridgehead atoms. The van der Waals surface area contributed by atoms with E-state index in [1.165, 1.54) is 0 Å². The van der Waals surface area contributed by atoms with E-state index in [0.29, 0.717) is 6.42 Å². The Morgan fingerprint density at radius 3 is 2.50 bits per heavy atom. The summed E-state index contributed by atoms with van der Waals surface area (Å²) < 4.78 is 38.3. The Morgan fingerprint density at radius 2 is 1.90 bits per heavy atom. The maximum absolute atomic E-state index is 12.8. The average molecular weight is 287 g/mol. The topological polar surface area (TPSA) is 32.3 Å². The van der Waals surface area contributed by atoms with Gasteiger partial charge in [0.15, 0.2) is 0 Å². The zero-order valence-corrected chi connectivity index (χ0v) is 11.2. The number of rotatable bonds is 4. The summed E-state index contributed by atoms with van der Waals surface area (Å²) in [4.78, 5) is 0. The molecule has 5 heteroatoms. The summed E-state index contributed by atoms with van der Waals surface area (Å²) in [7, 11) is 0. The zero-order chi connectivity index (χ0) is 14.6. The van der Waals surface area contributed by atoms with Gasteiger partial charge < -0.3 is 10.4 Å². The summed E-state index contributed by atoms with van der Waals surface area (Å²) in [6.07, 6.45) is -2.48. The van der Waals surface area contributed by atoms with Crippen LogP contribution in [0.3, 0.4) is 0 Å². The molecule has 0 amide bonds. The molecule has 0 aromatic heterocycles. The molecule has 0 saturated heterocycles. The van der Waals surface area contributed by atoms with Crippen molar-refractivity contribution in [3.63, 3.8) is 0 Å². The first kappa shape index (κ1) is 15.3. The second-order valence-electron chi connectivity index (χ2n) is 5.41. The number of halogens is 3. The highest BCUT2D eigenvalue weighted by Crippen LogP contribution is 2.38. The number of aliphatic hydroxyl groups excluding tert-OH is 1. The van der Waals surface area contributed by atoms with E-state index in [2.05, 4.69) is 5.32 Å². The minimum atomic E-state index is -4.11. The predicted molar refractivity (Wildman–Crippen MR) is 71.2 cm³/mol. The van der Waals surface area contributed by atoms with E-state index >= 15 is 0 Å². The maximum atomic E-state index is 12.8. The molecular formula is C15H20F3NO. The Kier molecular flexibility index (Phi) is 5.05. The molecular weight excluding hydrogens is 267 g/mol. The summed E-state index contributed by atoms with van der Waals surface area (Å²) in [6.45, 7) is -0.114. The van der Waals surface area contributed by atoms with E-state index in [4.69, 9.17) is 0 Å². The summed E-state index contributed by atoms with van der Waals surface area (Å²) in [6, 6.07) is 8.85. The van der Waals surface area contributed by atoms with Crippen molar-refractivity contribution in [1.29, 1.82) is 0 Å². The van der Waals surface area contributed by atoms with Gasteiger partial charge in [-0.2, -0.15) is 13.2 Å².